The molecule has 1 heterocycles. The molecule has 8 heteroatoms. The van der Waals surface area contributed by atoms with Crippen LogP contribution in [-0.4, -0.2) is 4.98 Å². The number of rotatable bonds is 2. The van der Waals surface area contributed by atoms with E-state index in [9.17, 15) is 22.0 Å². The highest BCUT2D eigenvalue weighted by molar-refractivity contribution is 9.08. The molecule has 0 fully saturated rings. The van der Waals surface area contributed by atoms with E-state index in [1.807, 2.05) is 0 Å². The van der Waals surface area contributed by atoms with Crippen LogP contribution in [0.5, 0.6) is 0 Å². The van der Waals surface area contributed by atoms with Gasteiger partial charge in [-0.1, -0.05) is 15.9 Å². The van der Waals surface area contributed by atoms with Crippen LogP contribution in [0, 0.1) is 11.3 Å². The maximum Gasteiger partial charge on any atom is 0.419 e. The highest BCUT2D eigenvalue weighted by Gasteiger charge is 2.37. The van der Waals surface area contributed by atoms with E-state index >= 15 is 0 Å². The van der Waals surface area contributed by atoms with Crippen LogP contribution in [-0.2, 0) is 11.5 Å². The Morgan fingerprint density at radius 1 is 1.41 bits per heavy atom. The summed E-state index contributed by atoms with van der Waals surface area (Å²) in [6, 6.07) is 1.72. The van der Waals surface area contributed by atoms with Gasteiger partial charge >= 0.3 is 6.18 Å². The molecule has 0 saturated carbocycles. The summed E-state index contributed by atoms with van der Waals surface area (Å²) >= 11 is 2.73. The zero-order valence-corrected chi connectivity index (χ0v) is 9.61. The quantitative estimate of drug-likeness (QED) is 0.615. The van der Waals surface area contributed by atoms with Crippen LogP contribution in [0.1, 0.15) is 28.9 Å². The Balaban J connectivity index is 3.55. The molecule has 1 aromatic heterocycles. The molecule has 1 rings (SSSR count). The summed E-state index contributed by atoms with van der Waals surface area (Å²) in [6.07, 6.45) is -7.83. The molecule has 0 spiro atoms. The first kappa shape index (κ1) is 13.8. The van der Waals surface area contributed by atoms with Gasteiger partial charge in [0, 0.05) is 5.33 Å². The number of nitriles is 1. The summed E-state index contributed by atoms with van der Waals surface area (Å²) in [5.74, 6) is 0. The Morgan fingerprint density at radius 3 is 2.35 bits per heavy atom. The van der Waals surface area contributed by atoms with Crippen molar-refractivity contribution in [3.05, 3.63) is 28.6 Å². The Hall–Kier alpha value is -1.23. The fourth-order valence-corrected chi connectivity index (χ4v) is 1.64. The van der Waals surface area contributed by atoms with E-state index in [1.165, 1.54) is 6.07 Å². The Bertz CT molecular complexity index is 464. The first-order valence-electron chi connectivity index (χ1n) is 4.16. The summed E-state index contributed by atoms with van der Waals surface area (Å²) < 4.78 is 62.6. The van der Waals surface area contributed by atoms with Crippen molar-refractivity contribution in [3.63, 3.8) is 0 Å². The van der Waals surface area contributed by atoms with Gasteiger partial charge in [-0.15, -0.1) is 0 Å². The third-order valence-electron chi connectivity index (χ3n) is 1.87. The van der Waals surface area contributed by atoms with Crippen molar-refractivity contribution in [2.75, 3.05) is 0 Å². The minimum absolute atomic E-state index is 0.364. The average molecular weight is 315 g/mol. The van der Waals surface area contributed by atoms with Crippen LogP contribution in [0.15, 0.2) is 6.07 Å². The minimum Gasteiger partial charge on any atom is -0.250 e. The molecule has 0 aromatic carbocycles. The van der Waals surface area contributed by atoms with Crippen LogP contribution in [0.3, 0.4) is 0 Å². The normalized spacial score (nSPS) is 11.6. The maximum absolute atomic E-state index is 12.6. The van der Waals surface area contributed by atoms with Crippen molar-refractivity contribution in [1.29, 1.82) is 5.26 Å². The lowest BCUT2D eigenvalue weighted by atomic mass is 10.1. The van der Waals surface area contributed by atoms with Gasteiger partial charge in [0.25, 0.3) is 6.43 Å². The Morgan fingerprint density at radius 2 is 2.00 bits per heavy atom. The van der Waals surface area contributed by atoms with Crippen LogP contribution >= 0.6 is 15.9 Å². The second-order valence-electron chi connectivity index (χ2n) is 2.96. The van der Waals surface area contributed by atoms with Gasteiger partial charge in [-0.3, -0.25) is 4.98 Å². The molecule has 0 N–H and O–H groups in total. The van der Waals surface area contributed by atoms with E-state index in [2.05, 4.69) is 20.9 Å². The molecule has 0 bridgehead atoms. The minimum atomic E-state index is -4.80. The molecular formula is C9H4BrF5N2. The molecule has 0 aliphatic rings. The SMILES string of the molecule is N#Cc1cc(C(F)F)nc(CBr)c1C(F)(F)F. The molecule has 0 saturated heterocycles. The smallest absolute Gasteiger partial charge is 0.250 e. The van der Waals surface area contributed by atoms with Gasteiger partial charge < -0.3 is 0 Å². The molecule has 0 amide bonds. The number of nitrogens with zero attached hydrogens (tertiary/aromatic N) is 2. The molecule has 17 heavy (non-hydrogen) atoms. The van der Waals surface area contributed by atoms with Crippen molar-refractivity contribution in [2.24, 2.45) is 0 Å². The molecule has 92 valence electrons. The van der Waals surface area contributed by atoms with Gasteiger partial charge in [0.2, 0.25) is 0 Å². The van der Waals surface area contributed by atoms with Crippen LogP contribution in [0.2, 0.25) is 0 Å². The van der Waals surface area contributed by atoms with Crippen molar-refractivity contribution in [1.82, 2.24) is 4.98 Å². The van der Waals surface area contributed by atoms with E-state index in [0.717, 1.165) is 0 Å². The van der Waals surface area contributed by atoms with Gasteiger partial charge in [0.1, 0.15) is 5.69 Å². The van der Waals surface area contributed by atoms with Gasteiger partial charge in [-0.2, -0.15) is 18.4 Å². The Labute approximate surface area is 101 Å². The fraction of sp³-hybridized carbons (Fsp3) is 0.333. The van der Waals surface area contributed by atoms with Gasteiger partial charge in [0.05, 0.1) is 22.9 Å². The monoisotopic (exact) mass is 314 g/mol. The van der Waals surface area contributed by atoms with Crippen LogP contribution in [0.25, 0.3) is 0 Å². The standard InChI is InChI=1S/C9H4BrF5N2/c10-2-6-7(9(13,14)15)4(3-16)1-5(17-6)8(11)12/h1,8H,2H2. The highest BCUT2D eigenvalue weighted by Crippen LogP contribution is 2.36. The predicted molar refractivity (Wildman–Crippen MR) is 51.5 cm³/mol. The van der Waals surface area contributed by atoms with Gasteiger partial charge in [-0.25, -0.2) is 8.78 Å². The Kier molecular flexibility index (Phi) is 4.03. The second-order valence-corrected chi connectivity index (χ2v) is 3.52. The first-order valence-corrected chi connectivity index (χ1v) is 5.28. The summed E-state index contributed by atoms with van der Waals surface area (Å²) in [4.78, 5) is 3.20. The number of halogens is 6. The largest absolute Gasteiger partial charge is 0.419 e. The lowest BCUT2D eigenvalue weighted by Gasteiger charge is -2.13. The van der Waals surface area contributed by atoms with Gasteiger partial charge in [0.15, 0.2) is 0 Å². The molecular weight excluding hydrogens is 311 g/mol. The van der Waals surface area contributed by atoms with E-state index in [-0.39, 0.29) is 5.33 Å². The third-order valence-corrected chi connectivity index (χ3v) is 2.40. The molecule has 0 unspecified atom stereocenters. The van der Waals surface area contributed by atoms with Crippen LogP contribution < -0.4 is 0 Å². The first-order chi connectivity index (χ1) is 7.81. The van der Waals surface area contributed by atoms with Crippen molar-refractivity contribution in [2.45, 2.75) is 17.9 Å². The summed E-state index contributed by atoms with van der Waals surface area (Å²) in [7, 11) is 0. The summed E-state index contributed by atoms with van der Waals surface area (Å²) in [6.45, 7) is 0. The molecule has 0 aliphatic heterocycles. The number of pyridine rings is 1. The topological polar surface area (TPSA) is 36.7 Å². The van der Waals surface area contributed by atoms with E-state index < -0.39 is 35.1 Å². The van der Waals surface area contributed by atoms with Gasteiger partial charge in [-0.05, 0) is 6.07 Å². The highest BCUT2D eigenvalue weighted by atomic mass is 79.9. The molecule has 0 atom stereocenters. The maximum atomic E-state index is 12.6. The number of hydrogen-bond donors (Lipinski definition) is 0. The van der Waals surface area contributed by atoms with E-state index in [0.29, 0.717) is 6.07 Å². The molecule has 2 nitrogen and oxygen atoms in total. The van der Waals surface area contributed by atoms with Crippen molar-refractivity contribution < 1.29 is 22.0 Å². The molecule has 0 aliphatic carbocycles. The third kappa shape index (κ3) is 2.91. The van der Waals surface area contributed by atoms with Crippen molar-refractivity contribution >= 4 is 15.9 Å². The number of alkyl halides is 6. The molecule has 0 radical (unpaired) electrons. The summed E-state index contributed by atoms with van der Waals surface area (Å²) in [5, 5.41) is 8.21. The zero-order chi connectivity index (χ0) is 13.2. The van der Waals surface area contributed by atoms with E-state index in [4.69, 9.17) is 5.26 Å². The lowest BCUT2D eigenvalue weighted by molar-refractivity contribution is -0.138. The average Bonchev–Trinajstić information content (AvgIpc) is 2.25. The molecule has 1 aromatic rings. The van der Waals surface area contributed by atoms with E-state index in [1.54, 1.807) is 0 Å². The lowest BCUT2D eigenvalue weighted by Crippen LogP contribution is -2.14. The number of aromatic nitrogens is 1. The fourth-order valence-electron chi connectivity index (χ4n) is 1.23. The zero-order valence-electron chi connectivity index (χ0n) is 8.02. The van der Waals surface area contributed by atoms with Crippen molar-refractivity contribution in [3.8, 4) is 6.07 Å². The van der Waals surface area contributed by atoms with Crippen LogP contribution in [0.4, 0.5) is 22.0 Å². The summed E-state index contributed by atoms with van der Waals surface area (Å²) in [5.41, 5.74) is -3.59. The number of hydrogen-bond acceptors (Lipinski definition) is 2. The second kappa shape index (κ2) is 4.96. The predicted octanol–water partition coefficient (Wildman–Crippen LogP) is 3.80.